The molecule has 0 amide bonds. The summed E-state index contributed by atoms with van der Waals surface area (Å²) in [5.74, 6) is 3.50. The fourth-order valence-corrected chi connectivity index (χ4v) is 7.56. The molecule has 4 aliphatic carbocycles. The van der Waals surface area contributed by atoms with Crippen molar-refractivity contribution in [3.63, 3.8) is 0 Å². The molecule has 0 N–H and O–H groups in total. The second-order valence-corrected chi connectivity index (χ2v) is 9.69. The van der Waals surface area contributed by atoms with Gasteiger partial charge in [0.25, 0.3) is 0 Å². The molecular formula is C22H32O2. The predicted octanol–water partition coefficient (Wildman–Crippen LogP) is 4.97. The monoisotopic (exact) mass is 328 g/mol. The Labute approximate surface area is 146 Å². The molecule has 0 aromatic heterocycles. The van der Waals surface area contributed by atoms with Crippen molar-refractivity contribution in [2.24, 2.45) is 40.4 Å². The van der Waals surface area contributed by atoms with Gasteiger partial charge in [0.2, 0.25) is 0 Å². The van der Waals surface area contributed by atoms with Crippen LogP contribution in [-0.4, -0.2) is 12.1 Å². The maximum absolute atomic E-state index is 11.9. The maximum Gasteiger partial charge on any atom is 0.155 e. The zero-order chi connectivity index (χ0) is 17.1. The van der Waals surface area contributed by atoms with Crippen LogP contribution in [0.5, 0.6) is 0 Å². The largest absolute Gasteiger partial charge is 0.303 e. The molecule has 4 rings (SSSR count). The normalized spacial score (nSPS) is 48.8. The first kappa shape index (κ1) is 16.5. The van der Waals surface area contributed by atoms with Crippen LogP contribution in [0.1, 0.15) is 72.1 Å². The second-order valence-electron chi connectivity index (χ2n) is 9.69. The molecule has 0 aromatic rings. The van der Waals surface area contributed by atoms with E-state index in [4.69, 9.17) is 0 Å². The third kappa shape index (κ3) is 2.14. The molecule has 24 heavy (non-hydrogen) atoms. The second kappa shape index (κ2) is 5.54. The lowest BCUT2D eigenvalue weighted by molar-refractivity contribution is -0.118. The minimum atomic E-state index is 0.207. The van der Waals surface area contributed by atoms with Crippen molar-refractivity contribution in [3.8, 4) is 0 Å². The van der Waals surface area contributed by atoms with Crippen molar-refractivity contribution in [2.45, 2.75) is 72.1 Å². The number of carbonyl (C=O) groups excluding carboxylic acids is 2. The van der Waals surface area contributed by atoms with E-state index in [1.54, 1.807) is 0 Å². The summed E-state index contributed by atoms with van der Waals surface area (Å²) in [6.07, 6.45) is 12.5. The third-order valence-corrected chi connectivity index (χ3v) is 8.88. The van der Waals surface area contributed by atoms with Gasteiger partial charge in [-0.05, 0) is 85.5 Å². The van der Waals surface area contributed by atoms with E-state index < -0.39 is 0 Å². The summed E-state index contributed by atoms with van der Waals surface area (Å²) in [5.41, 5.74) is 2.09. The van der Waals surface area contributed by atoms with Crippen LogP contribution in [0.2, 0.25) is 0 Å². The first-order chi connectivity index (χ1) is 11.4. The summed E-state index contributed by atoms with van der Waals surface area (Å²) in [5, 5.41) is 0. The standard InChI is InChI=1S/C22H32O2/c1-14(13-23)18-6-7-19-17-5-4-15-12-16(24)8-10-21(15,2)20(17)9-11-22(18,19)3/h12-14,17-20H,4-11H2,1-3H3/t14-,17?,18?,19?,20?,21+,22-/m1/s1. The van der Waals surface area contributed by atoms with E-state index >= 15 is 0 Å². The molecule has 0 heterocycles. The van der Waals surface area contributed by atoms with Crippen LogP contribution < -0.4 is 0 Å². The van der Waals surface area contributed by atoms with Crippen LogP contribution in [0.25, 0.3) is 0 Å². The Morgan fingerprint density at radius 3 is 2.62 bits per heavy atom. The van der Waals surface area contributed by atoms with Gasteiger partial charge in [0.1, 0.15) is 6.29 Å². The first-order valence-electron chi connectivity index (χ1n) is 10.1. The molecular weight excluding hydrogens is 296 g/mol. The molecule has 132 valence electrons. The summed E-state index contributed by atoms with van der Waals surface area (Å²) in [6, 6.07) is 0. The molecule has 0 aliphatic heterocycles. The highest BCUT2D eigenvalue weighted by molar-refractivity contribution is 5.91. The highest BCUT2D eigenvalue weighted by atomic mass is 16.1. The van der Waals surface area contributed by atoms with E-state index in [-0.39, 0.29) is 11.3 Å². The minimum Gasteiger partial charge on any atom is -0.303 e. The average molecular weight is 328 g/mol. The molecule has 2 heteroatoms. The molecule has 7 atom stereocenters. The molecule has 0 radical (unpaired) electrons. The van der Waals surface area contributed by atoms with E-state index in [2.05, 4.69) is 20.8 Å². The van der Waals surface area contributed by atoms with Gasteiger partial charge in [-0.25, -0.2) is 0 Å². The summed E-state index contributed by atoms with van der Waals surface area (Å²) in [4.78, 5) is 23.3. The average Bonchev–Trinajstić information content (AvgIpc) is 2.92. The lowest BCUT2D eigenvalue weighted by Gasteiger charge is -2.58. The molecule has 0 bridgehead atoms. The highest BCUT2D eigenvalue weighted by Crippen LogP contribution is 2.67. The number of aldehydes is 1. The number of hydrogen-bond donors (Lipinski definition) is 0. The zero-order valence-corrected chi connectivity index (χ0v) is 15.5. The van der Waals surface area contributed by atoms with Crippen molar-refractivity contribution in [2.75, 3.05) is 0 Å². The van der Waals surface area contributed by atoms with Gasteiger partial charge in [-0.3, -0.25) is 4.79 Å². The number of hydrogen-bond acceptors (Lipinski definition) is 2. The van der Waals surface area contributed by atoms with Crippen LogP contribution in [0.4, 0.5) is 0 Å². The first-order valence-corrected chi connectivity index (χ1v) is 10.1. The summed E-state index contributed by atoms with van der Waals surface area (Å²) >= 11 is 0. The van der Waals surface area contributed by atoms with Crippen molar-refractivity contribution >= 4 is 12.1 Å². The third-order valence-electron chi connectivity index (χ3n) is 8.88. The van der Waals surface area contributed by atoms with E-state index in [0.29, 0.717) is 17.1 Å². The smallest absolute Gasteiger partial charge is 0.155 e. The molecule has 4 aliphatic rings. The van der Waals surface area contributed by atoms with E-state index in [1.165, 1.54) is 44.0 Å². The van der Waals surface area contributed by atoms with Gasteiger partial charge in [-0.15, -0.1) is 0 Å². The van der Waals surface area contributed by atoms with Crippen LogP contribution >= 0.6 is 0 Å². The number of ketones is 1. The van der Waals surface area contributed by atoms with Crippen molar-refractivity contribution in [3.05, 3.63) is 11.6 Å². The van der Waals surface area contributed by atoms with E-state index in [9.17, 15) is 9.59 Å². The molecule has 4 unspecified atom stereocenters. The molecule has 2 nitrogen and oxygen atoms in total. The Hall–Kier alpha value is -0.920. The van der Waals surface area contributed by atoms with Gasteiger partial charge < -0.3 is 4.79 Å². The van der Waals surface area contributed by atoms with Crippen LogP contribution in [0.3, 0.4) is 0 Å². The van der Waals surface area contributed by atoms with Crippen LogP contribution in [0, 0.1) is 40.4 Å². The number of carbonyl (C=O) groups is 2. The van der Waals surface area contributed by atoms with Gasteiger partial charge in [-0.1, -0.05) is 26.3 Å². The topological polar surface area (TPSA) is 34.1 Å². The lowest BCUT2D eigenvalue weighted by atomic mass is 9.46. The number of fused-ring (bicyclic) bond motifs is 5. The molecule has 3 fully saturated rings. The quantitative estimate of drug-likeness (QED) is 0.671. The Morgan fingerprint density at radius 1 is 1.08 bits per heavy atom. The Balaban J connectivity index is 1.65. The molecule has 0 aromatic carbocycles. The SMILES string of the molecule is C[C@H](C=O)C1CCC2C3CCC4=CC(=O)CC[C@]4(C)C3CC[C@@]21C. The molecule has 0 spiro atoms. The van der Waals surface area contributed by atoms with Crippen molar-refractivity contribution in [1.82, 2.24) is 0 Å². The van der Waals surface area contributed by atoms with Crippen molar-refractivity contribution < 1.29 is 9.59 Å². The van der Waals surface area contributed by atoms with E-state index in [1.807, 2.05) is 6.08 Å². The summed E-state index contributed by atoms with van der Waals surface area (Å²) < 4.78 is 0. The summed E-state index contributed by atoms with van der Waals surface area (Å²) in [6.45, 7) is 7.07. The Morgan fingerprint density at radius 2 is 1.88 bits per heavy atom. The zero-order valence-electron chi connectivity index (χ0n) is 15.5. The number of allylic oxidation sites excluding steroid dienone is 1. The van der Waals surface area contributed by atoms with Gasteiger partial charge in [-0.2, -0.15) is 0 Å². The minimum absolute atomic E-state index is 0.207. The highest BCUT2D eigenvalue weighted by Gasteiger charge is 2.59. The maximum atomic E-state index is 11.9. The lowest BCUT2D eigenvalue weighted by Crippen LogP contribution is -2.51. The predicted molar refractivity (Wildman–Crippen MR) is 95.4 cm³/mol. The van der Waals surface area contributed by atoms with Gasteiger partial charge in [0, 0.05) is 12.3 Å². The fraction of sp³-hybridized carbons (Fsp3) is 0.818. The fourth-order valence-electron chi connectivity index (χ4n) is 7.56. The van der Waals surface area contributed by atoms with Crippen LogP contribution in [0.15, 0.2) is 11.6 Å². The summed E-state index contributed by atoms with van der Waals surface area (Å²) in [7, 11) is 0. The van der Waals surface area contributed by atoms with Gasteiger partial charge in [0.15, 0.2) is 5.78 Å². The number of rotatable bonds is 2. The van der Waals surface area contributed by atoms with Crippen molar-refractivity contribution in [1.29, 1.82) is 0 Å². The molecule has 3 saturated carbocycles. The van der Waals surface area contributed by atoms with Gasteiger partial charge >= 0.3 is 0 Å². The van der Waals surface area contributed by atoms with E-state index in [0.717, 1.165) is 37.0 Å². The molecule has 0 saturated heterocycles. The Bertz CT molecular complexity index is 591. The Kier molecular flexibility index (Phi) is 3.82. The van der Waals surface area contributed by atoms with Crippen LogP contribution in [-0.2, 0) is 9.59 Å². The van der Waals surface area contributed by atoms with Gasteiger partial charge in [0.05, 0.1) is 0 Å².